The van der Waals surface area contributed by atoms with E-state index in [-0.39, 0.29) is 21.8 Å². The van der Waals surface area contributed by atoms with E-state index in [1.165, 1.54) is 54.7 Å². The minimum Gasteiger partial charge on any atom is -0.307 e. The highest BCUT2D eigenvalue weighted by Crippen LogP contribution is 2.24. The number of carbonyl (C=O) groups is 1. The van der Waals surface area contributed by atoms with Gasteiger partial charge in [0.25, 0.3) is 5.91 Å². The molecule has 0 fully saturated rings. The summed E-state index contributed by atoms with van der Waals surface area (Å²) in [7, 11) is -3.44. The number of nitrogens with one attached hydrogen (secondary N) is 1. The van der Waals surface area contributed by atoms with Crippen LogP contribution >= 0.6 is 0 Å². The maximum atomic E-state index is 13.8. The lowest BCUT2D eigenvalue weighted by Crippen LogP contribution is -2.13. The molecule has 1 N–H and O–H groups in total. The first-order valence-electron chi connectivity index (χ1n) is 7.77. The molecule has 0 aliphatic heterocycles. The SMILES string of the molecule is CS(=O)(=O)c1cccc(C(=O)Nc2ccc(-c3cccc(F)c3F)cn2)c1. The third-order valence-electron chi connectivity index (χ3n) is 3.79. The van der Waals surface area contributed by atoms with Crippen molar-refractivity contribution in [1.82, 2.24) is 4.98 Å². The van der Waals surface area contributed by atoms with Crippen LogP contribution in [0.5, 0.6) is 0 Å². The Morgan fingerprint density at radius 1 is 1.04 bits per heavy atom. The molecule has 0 unspecified atom stereocenters. The van der Waals surface area contributed by atoms with E-state index in [4.69, 9.17) is 0 Å². The molecule has 0 aliphatic rings. The fourth-order valence-corrected chi connectivity index (χ4v) is 3.08. The number of halogens is 2. The summed E-state index contributed by atoms with van der Waals surface area (Å²) >= 11 is 0. The first-order chi connectivity index (χ1) is 12.8. The molecule has 0 saturated heterocycles. The Balaban J connectivity index is 1.81. The molecular weight excluding hydrogens is 374 g/mol. The van der Waals surface area contributed by atoms with E-state index in [2.05, 4.69) is 10.3 Å². The Kier molecular flexibility index (Phi) is 5.00. The minimum atomic E-state index is -3.44. The van der Waals surface area contributed by atoms with E-state index < -0.39 is 27.4 Å². The summed E-state index contributed by atoms with van der Waals surface area (Å²) < 4.78 is 50.3. The second-order valence-electron chi connectivity index (χ2n) is 5.79. The highest BCUT2D eigenvalue weighted by Gasteiger charge is 2.13. The largest absolute Gasteiger partial charge is 0.307 e. The van der Waals surface area contributed by atoms with Crippen molar-refractivity contribution in [3.05, 3.63) is 78.0 Å². The summed E-state index contributed by atoms with van der Waals surface area (Å²) in [4.78, 5) is 16.3. The molecule has 0 radical (unpaired) electrons. The number of nitrogens with zero attached hydrogens (tertiary/aromatic N) is 1. The Morgan fingerprint density at radius 2 is 1.78 bits per heavy atom. The second-order valence-corrected chi connectivity index (χ2v) is 7.80. The van der Waals surface area contributed by atoms with Gasteiger partial charge in [-0.3, -0.25) is 4.79 Å². The summed E-state index contributed by atoms with van der Waals surface area (Å²) in [5.41, 5.74) is 0.560. The van der Waals surface area contributed by atoms with Gasteiger partial charge >= 0.3 is 0 Å². The molecule has 0 saturated carbocycles. The number of hydrogen-bond donors (Lipinski definition) is 1. The van der Waals surface area contributed by atoms with Gasteiger partial charge < -0.3 is 5.32 Å². The molecule has 2 aromatic carbocycles. The number of hydrogen-bond acceptors (Lipinski definition) is 4. The zero-order chi connectivity index (χ0) is 19.6. The molecule has 0 aliphatic carbocycles. The molecule has 3 aromatic rings. The molecule has 0 bridgehead atoms. The highest BCUT2D eigenvalue weighted by molar-refractivity contribution is 7.90. The first-order valence-corrected chi connectivity index (χ1v) is 9.67. The van der Waals surface area contributed by atoms with E-state index >= 15 is 0 Å². The summed E-state index contributed by atoms with van der Waals surface area (Å²) in [6, 6.07) is 12.4. The number of amides is 1. The third-order valence-corrected chi connectivity index (χ3v) is 4.90. The van der Waals surface area contributed by atoms with Crippen LogP contribution in [0.1, 0.15) is 10.4 Å². The van der Waals surface area contributed by atoms with Crippen molar-refractivity contribution in [2.75, 3.05) is 11.6 Å². The number of aromatic nitrogens is 1. The predicted molar refractivity (Wildman–Crippen MR) is 97.1 cm³/mol. The molecular formula is C19H14F2N2O3S. The van der Waals surface area contributed by atoms with Gasteiger partial charge in [0.15, 0.2) is 21.5 Å². The number of rotatable bonds is 4. The Hall–Kier alpha value is -3.13. The molecule has 1 aromatic heterocycles. The fraction of sp³-hybridized carbons (Fsp3) is 0.0526. The van der Waals surface area contributed by atoms with Crippen molar-refractivity contribution in [3.8, 4) is 11.1 Å². The number of anilines is 1. The van der Waals surface area contributed by atoms with Crippen molar-refractivity contribution in [2.24, 2.45) is 0 Å². The monoisotopic (exact) mass is 388 g/mol. The van der Waals surface area contributed by atoms with Gasteiger partial charge in [-0.15, -0.1) is 0 Å². The van der Waals surface area contributed by atoms with Gasteiger partial charge in [-0.1, -0.05) is 18.2 Å². The molecule has 27 heavy (non-hydrogen) atoms. The first kappa shape index (κ1) is 18.7. The van der Waals surface area contributed by atoms with E-state index in [0.29, 0.717) is 5.56 Å². The van der Waals surface area contributed by atoms with Gasteiger partial charge in [0.1, 0.15) is 5.82 Å². The molecule has 1 amide bonds. The zero-order valence-corrected chi connectivity index (χ0v) is 14.9. The summed E-state index contributed by atoms with van der Waals surface area (Å²) in [6.07, 6.45) is 2.36. The van der Waals surface area contributed by atoms with Crippen molar-refractivity contribution in [2.45, 2.75) is 4.90 Å². The lowest BCUT2D eigenvalue weighted by Gasteiger charge is -2.08. The number of carbonyl (C=O) groups excluding carboxylic acids is 1. The molecule has 0 atom stereocenters. The van der Waals surface area contributed by atoms with Crippen LogP contribution in [0.2, 0.25) is 0 Å². The Labute approximate surface area is 154 Å². The van der Waals surface area contributed by atoms with Crippen LogP contribution in [0, 0.1) is 11.6 Å². The minimum absolute atomic E-state index is 0.0278. The normalized spacial score (nSPS) is 11.2. The van der Waals surface area contributed by atoms with E-state index in [0.717, 1.165) is 12.3 Å². The Bertz CT molecular complexity index is 1110. The third kappa shape index (κ3) is 4.17. The summed E-state index contributed by atoms with van der Waals surface area (Å²) in [5.74, 6) is -2.30. The van der Waals surface area contributed by atoms with E-state index in [9.17, 15) is 22.0 Å². The predicted octanol–water partition coefficient (Wildman–Crippen LogP) is 3.68. The lowest BCUT2D eigenvalue weighted by molar-refractivity contribution is 0.102. The van der Waals surface area contributed by atoms with Gasteiger partial charge in [0, 0.05) is 29.1 Å². The molecule has 1 heterocycles. The van der Waals surface area contributed by atoms with Crippen molar-refractivity contribution >= 4 is 21.6 Å². The van der Waals surface area contributed by atoms with Gasteiger partial charge in [0.2, 0.25) is 0 Å². The van der Waals surface area contributed by atoms with Crippen molar-refractivity contribution < 1.29 is 22.0 Å². The van der Waals surface area contributed by atoms with Crippen LogP contribution in [-0.4, -0.2) is 25.6 Å². The summed E-state index contributed by atoms with van der Waals surface area (Å²) in [6.45, 7) is 0. The van der Waals surface area contributed by atoms with Gasteiger partial charge in [-0.05, 0) is 36.4 Å². The maximum Gasteiger partial charge on any atom is 0.256 e. The van der Waals surface area contributed by atoms with Crippen LogP contribution in [0.15, 0.2) is 65.7 Å². The van der Waals surface area contributed by atoms with E-state index in [1.807, 2.05) is 0 Å². The van der Waals surface area contributed by atoms with E-state index in [1.54, 1.807) is 0 Å². The second kappa shape index (κ2) is 7.24. The van der Waals surface area contributed by atoms with Crippen molar-refractivity contribution in [1.29, 1.82) is 0 Å². The molecule has 5 nitrogen and oxygen atoms in total. The average molecular weight is 388 g/mol. The van der Waals surface area contributed by atoms with Crippen LogP contribution < -0.4 is 5.32 Å². The zero-order valence-electron chi connectivity index (χ0n) is 14.1. The van der Waals surface area contributed by atoms with Crippen LogP contribution in [0.25, 0.3) is 11.1 Å². The molecule has 8 heteroatoms. The van der Waals surface area contributed by atoms with Crippen LogP contribution in [-0.2, 0) is 9.84 Å². The molecule has 3 rings (SSSR count). The number of pyridine rings is 1. The fourth-order valence-electron chi connectivity index (χ4n) is 2.41. The Morgan fingerprint density at radius 3 is 2.44 bits per heavy atom. The van der Waals surface area contributed by atoms with Gasteiger partial charge in [-0.2, -0.15) is 0 Å². The van der Waals surface area contributed by atoms with Crippen LogP contribution in [0.4, 0.5) is 14.6 Å². The molecule has 138 valence electrons. The number of sulfone groups is 1. The average Bonchev–Trinajstić information content (AvgIpc) is 2.64. The van der Waals surface area contributed by atoms with Crippen LogP contribution in [0.3, 0.4) is 0 Å². The van der Waals surface area contributed by atoms with Crippen molar-refractivity contribution in [3.63, 3.8) is 0 Å². The lowest BCUT2D eigenvalue weighted by atomic mass is 10.1. The standard InChI is InChI=1S/C19H14F2N2O3S/c1-27(25,26)14-5-2-4-12(10-14)19(24)23-17-9-8-13(11-22-17)15-6-3-7-16(20)18(15)21/h2-11H,1H3,(H,22,23,24). The summed E-state index contributed by atoms with van der Waals surface area (Å²) in [5, 5.41) is 2.53. The quantitative estimate of drug-likeness (QED) is 0.740. The highest BCUT2D eigenvalue weighted by atomic mass is 32.2. The topological polar surface area (TPSA) is 76.1 Å². The smallest absolute Gasteiger partial charge is 0.256 e. The van der Waals surface area contributed by atoms with Gasteiger partial charge in [0.05, 0.1) is 4.90 Å². The maximum absolute atomic E-state index is 13.8. The molecule has 0 spiro atoms. The number of benzene rings is 2. The van der Waals surface area contributed by atoms with Gasteiger partial charge in [-0.25, -0.2) is 22.2 Å².